The zero-order valence-corrected chi connectivity index (χ0v) is 28.1. The molecular weight excluding hydrogens is 520 g/mol. The van der Waals surface area contributed by atoms with Crippen molar-refractivity contribution < 1.29 is 19.1 Å². The van der Waals surface area contributed by atoms with E-state index in [1.165, 1.54) is 103 Å². The Bertz CT molecular complexity index is 696. The molecule has 4 nitrogen and oxygen atoms in total. The molecule has 0 aliphatic heterocycles. The molecule has 0 atom stereocenters. The third kappa shape index (κ3) is 18.6. The third-order valence-electron chi connectivity index (χ3n) is 8.43. The summed E-state index contributed by atoms with van der Waals surface area (Å²) >= 11 is 0. The standard InChI is InChI=1S/C38H66O4/c1-5-9-13-17-21-27-33(28-22-18-14-10-6-2)41-37(39)35-31-25-26-32-36(35)38(40)42-34(29-23-19-15-11-7-3)30-24-20-16-12-8-4/h25-26,31-34H,5-24,27-30H2,1-4H3. The van der Waals surface area contributed by atoms with Gasteiger partial charge in [0.15, 0.2) is 0 Å². The number of unbranched alkanes of at least 4 members (excludes halogenated alkanes) is 16. The molecule has 0 amide bonds. The lowest BCUT2D eigenvalue weighted by molar-refractivity contribution is 0.0201. The Kier molecular flexibility index (Phi) is 24.3. The first-order valence-electron chi connectivity index (χ1n) is 18.1. The highest BCUT2D eigenvalue weighted by Gasteiger charge is 2.24. The van der Waals surface area contributed by atoms with Gasteiger partial charge in [0.1, 0.15) is 12.2 Å². The second kappa shape index (κ2) is 26.8. The molecule has 0 N–H and O–H groups in total. The predicted octanol–water partition coefficient (Wildman–Crippen LogP) is 12.2. The van der Waals surface area contributed by atoms with Crippen LogP contribution in [0.4, 0.5) is 0 Å². The maximum Gasteiger partial charge on any atom is 0.339 e. The monoisotopic (exact) mass is 586 g/mol. The molecule has 242 valence electrons. The number of benzene rings is 1. The van der Waals surface area contributed by atoms with E-state index >= 15 is 0 Å². The van der Waals surface area contributed by atoms with Crippen LogP contribution >= 0.6 is 0 Å². The van der Waals surface area contributed by atoms with Crippen LogP contribution in [0.1, 0.15) is 203 Å². The van der Waals surface area contributed by atoms with Gasteiger partial charge >= 0.3 is 11.9 Å². The van der Waals surface area contributed by atoms with Crippen LogP contribution in [0.5, 0.6) is 0 Å². The fraction of sp³-hybridized carbons (Fsp3) is 0.789. The van der Waals surface area contributed by atoms with E-state index in [4.69, 9.17) is 9.47 Å². The van der Waals surface area contributed by atoms with Crippen LogP contribution in [0.2, 0.25) is 0 Å². The predicted molar refractivity (Wildman–Crippen MR) is 178 cm³/mol. The fourth-order valence-corrected chi connectivity index (χ4v) is 5.70. The summed E-state index contributed by atoms with van der Waals surface area (Å²) in [5, 5.41) is 0. The van der Waals surface area contributed by atoms with Crippen molar-refractivity contribution >= 4 is 11.9 Å². The van der Waals surface area contributed by atoms with Crippen LogP contribution in [0.25, 0.3) is 0 Å². The fourth-order valence-electron chi connectivity index (χ4n) is 5.70. The van der Waals surface area contributed by atoms with Crippen LogP contribution in [0.3, 0.4) is 0 Å². The number of carbonyl (C=O) groups excluding carboxylic acids is 2. The average molecular weight is 587 g/mol. The average Bonchev–Trinajstić information content (AvgIpc) is 3.00. The molecule has 0 unspecified atom stereocenters. The van der Waals surface area contributed by atoms with Crippen molar-refractivity contribution in [3.8, 4) is 0 Å². The van der Waals surface area contributed by atoms with Gasteiger partial charge in [-0.2, -0.15) is 0 Å². The Morgan fingerprint density at radius 3 is 0.976 bits per heavy atom. The number of hydrogen-bond acceptors (Lipinski definition) is 4. The van der Waals surface area contributed by atoms with Gasteiger partial charge in [-0.3, -0.25) is 0 Å². The molecule has 1 rings (SSSR count). The third-order valence-corrected chi connectivity index (χ3v) is 8.43. The van der Waals surface area contributed by atoms with Gasteiger partial charge in [0, 0.05) is 0 Å². The summed E-state index contributed by atoms with van der Waals surface area (Å²) in [6, 6.07) is 7.08. The van der Waals surface area contributed by atoms with E-state index in [1.807, 2.05) is 12.1 Å². The van der Waals surface area contributed by atoms with Gasteiger partial charge in [0.2, 0.25) is 0 Å². The van der Waals surface area contributed by atoms with Crippen LogP contribution in [-0.2, 0) is 9.47 Å². The molecule has 0 aliphatic carbocycles. The highest BCUT2D eigenvalue weighted by molar-refractivity contribution is 6.03. The zero-order valence-electron chi connectivity index (χ0n) is 28.1. The first-order valence-corrected chi connectivity index (χ1v) is 18.1. The molecule has 0 bridgehead atoms. The molecule has 0 spiro atoms. The lowest BCUT2D eigenvalue weighted by atomic mass is 10.0. The van der Waals surface area contributed by atoms with Crippen LogP contribution in [0, 0.1) is 0 Å². The van der Waals surface area contributed by atoms with Crippen LogP contribution in [0.15, 0.2) is 24.3 Å². The molecule has 0 fully saturated rings. The number of hydrogen-bond donors (Lipinski definition) is 0. The zero-order chi connectivity index (χ0) is 30.7. The minimum atomic E-state index is -0.384. The minimum absolute atomic E-state index is 0.0937. The Morgan fingerprint density at radius 2 is 0.714 bits per heavy atom. The number of esters is 2. The largest absolute Gasteiger partial charge is 0.459 e. The van der Waals surface area contributed by atoms with Crippen LogP contribution in [-0.4, -0.2) is 24.1 Å². The van der Waals surface area contributed by atoms with Gasteiger partial charge in [0.05, 0.1) is 11.1 Å². The van der Waals surface area contributed by atoms with Crippen molar-refractivity contribution in [2.45, 2.75) is 194 Å². The number of ether oxygens (including phenoxy) is 2. The van der Waals surface area contributed by atoms with Crippen molar-refractivity contribution in [3.63, 3.8) is 0 Å². The van der Waals surface area contributed by atoms with E-state index in [2.05, 4.69) is 27.7 Å². The summed E-state index contributed by atoms with van der Waals surface area (Å²) in [6.45, 7) is 8.92. The lowest BCUT2D eigenvalue weighted by Gasteiger charge is -2.21. The molecule has 0 saturated heterocycles. The normalized spacial score (nSPS) is 11.4. The molecule has 42 heavy (non-hydrogen) atoms. The van der Waals surface area contributed by atoms with Crippen molar-refractivity contribution in [2.24, 2.45) is 0 Å². The van der Waals surface area contributed by atoms with E-state index in [0.717, 1.165) is 51.4 Å². The molecule has 0 saturated carbocycles. The van der Waals surface area contributed by atoms with Gasteiger partial charge in [-0.1, -0.05) is 143 Å². The van der Waals surface area contributed by atoms with Crippen molar-refractivity contribution in [1.29, 1.82) is 0 Å². The first-order chi connectivity index (χ1) is 20.6. The lowest BCUT2D eigenvalue weighted by Crippen LogP contribution is -2.23. The van der Waals surface area contributed by atoms with Crippen molar-refractivity contribution in [2.75, 3.05) is 0 Å². The van der Waals surface area contributed by atoms with E-state index in [0.29, 0.717) is 11.1 Å². The topological polar surface area (TPSA) is 52.6 Å². The van der Waals surface area contributed by atoms with Crippen molar-refractivity contribution in [3.05, 3.63) is 35.4 Å². The van der Waals surface area contributed by atoms with Crippen molar-refractivity contribution in [1.82, 2.24) is 0 Å². The Labute approximate surface area is 260 Å². The summed E-state index contributed by atoms with van der Waals surface area (Å²) in [6.07, 6.45) is 27.3. The molecule has 0 radical (unpaired) electrons. The second-order valence-corrected chi connectivity index (χ2v) is 12.4. The van der Waals surface area contributed by atoms with E-state index < -0.39 is 0 Å². The van der Waals surface area contributed by atoms with Gasteiger partial charge < -0.3 is 9.47 Å². The molecule has 4 heteroatoms. The Balaban J connectivity index is 2.85. The number of rotatable bonds is 28. The quantitative estimate of drug-likeness (QED) is 0.0724. The molecule has 0 heterocycles. The molecule has 0 aliphatic rings. The van der Waals surface area contributed by atoms with Gasteiger partial charge in [-0.05, 0) is 63.5 Å². The smallest absolute Gasteiger partial charge is 0.339 e. The van der Waals surface area contributed by atoms with Gasteiger partial charge in [0.25, 0.3) is 0 Å². The van der Waals surface area contributed by atoms with Gasteiger partial charge in [-0.25, -0.2) is 9.59 Å². The summed E-state index contributed by atoms with van der Waals surface area (Å²) in [5.74, 6) is -0.768. The molecular formula is C38H66O4. The molecule has 1 aromatic carbocycles. The summed E-state index contributed by atoms with van der Waals surface area (Å²) in [4.78, 5) is 26.9. The van der Waals surface area contributed by atoms with Gasteiger partial charge in [-0.15, -0.1) is 0 Å². The number of carbonyl (C=O) groups is 2. The van der Waals surface area contributed by atoms with E-state index in [1.54, 1.807) is 12.1 Å². The highest BCUT2D eigenvalue weighted by Crippen LogP contribution is 2.22. The maximum atomic E-state index is 13.5. The molecule has 0 aromatic heterocycles. The highest BCUT2D eigenvalue weighted by atomic mass is 16.5. The Hall–Kier alpha value is -1.84. The Morgan fingerprint density at radius 1 is 0.452 bits per heavy atom. The summed E-state index contributed by atoms with van der Waals surface area (Å²) in [5.41, 5.74) is 0.684. The minimum Gasteiger partial charge on any atom is -0.459 e. The molecule has 1 aromatic rings. The summed E-state index contributed by atoms with van der Waals surface area (Å²) in [7, 11) is 0. The SMILES string of the molecule is CCCCCCCC(CCCCCCC)OC(=O)c1ccccc1C(=O)OC(CCCCCCC)CCCCCCC. The van der Waals surface area contributed by atoms with E-state index in [-0.39, 0.29) is 24.1 Å². The maximum absolute atomic E-state index is 13.5. The summed E-state index contributed by atoms with van der Waals surface area (Å²) < 4.78 is 12.2. The first kappa shape index (κ1) is 38.2. The second-order valence-electron chi connectivity index (χ2n) is 12.4. The van der Waals surface area contributed by atoms with Crippen LogP contribution < -0.4 is 0 Å². The van der Waals surface area contributed by atoms with E-state index in [9.17, 15) is 9.59 Å².